The highest BCUT2D eigenvalue weighted by molar-refractivity contribution is 5.77. The normalized spacial score (nSPS) is 20.0. The van der Waals surface area contributed by atoms with Crippen molar-refractivity contribution in [2.75, 3.05) is 6.54 Å². The van der Waals surface area contributed by atoms with Crippen molar-refractivity contribution in [2.45, 2.75) is 26.3 Å². The van der Waals surface area contributed by atoms with Crippen molar-refractivity contribution in [3.8, 4) is 0 Å². The number of aliphatic hydroxyl groups excluding tert-OH is 1. The van der Waals surface area contributed by atoms with Crippen molar-refractivity contribution < 1.29 is 5.11 Å². The number of benzene rings is 1. The van der Waals surface area contributed by atoms with Crippen LogP contribution in [0.1, 0.15) is 22.3 Å². The molecule has 22 heavy (non-hydrogen) atoms. The fraction of sp³-hybridized carbons (Fsp3) is 0.263. The zero-order valence-corrected chi connectivity index (χ0v) is 13.2. The summed E-state index contributed by atoms with van der Waals surface area (Å²) in [6.07, 6.45) is 4.85. The molecule has 114 valence electrons. The Morgan fingerprint density at radius 2 is 2.05 bits per heavy atom. The minimum absolute atomic E-state index is 0.0435. The van der Waals surface area contributed by atoms with Gasteiger partial charge in [-0.05, 0) is 54.7 Å². The molecule has 2 aliphatic rings. The Hall–Kier alpha value is -2.26. The first-order chi connectivity index (χ1) is 10.4. The first-order valence-corrected chi connectivity index (χ1v) is 7.52. The Morgan fingerprint density at radius 3 is 2.68 bits per heavy atom. The first kappa shape index (κ1) is 14.7. The maximum Gasteiger partial charge on any atom is 0.117 e. The summed E-state index contributed by atoms with van der Waals surface area (Å²) >= 11 is 0. The average molecular weight is 294 g/mol. The lowest BCUT2D eigenvalue weighted by molar-refractivity contribution is 0.362. The molecule has 0 saturated carbocycles. The molecule has 1 aromatic rings. The summed E-state index contributed by atoms with van der Waals surface area (Å²) in [5.74, 6) is 0.0435. The van der Waals surface area contributed by atoms with E-state index in [-0.39, 0.29) is 11.8 Å². The lowest BCUT2D eigenvalue weighted by Gasteiger charge is -2.40. The van der Waals surface area contributed by atoms with Crippen LogP contribution in [0.2, 0.25) is 0 Å². The third-order valence-corrected chi connectivity index (χ3v) is 4.63. The number of nitrogens with two attached hydrogens (primary N) is 1. The number of aliphatic hydroxyl groups is 1. The standard InChI is InChI=1S/C19H22N2O/c1-11-5-15-8-16(9-20)21-10-18(14(4)22)13(3)7-19(21)17(15)6-12(11)2/h5-7,10,16,22H,3-4,8-9,20H2,1-2H3. The maximum absolute atomic E-state index is 9.76. The molecule has 0 spiro atoms. The quantitative estimate of drug-likeness (QED) is 0.822. The molecule has 3 N–H and O–H groups in total. The number of fused-ring (bicyclic) bond motifs is 3. The number of hydrogen-bond acceptors (Lipinski definition) is 3. The molecular formula is C19H22N2O. The summed E-state index contributed by atoms with van der Waals surface area (Å²) in [6, 6.07) is 4.68. The largest absolute Gasteiger partial charge is 0.508 e. The Labute approximate surface area is 131 Å². The van der Waals surface area contributed by atoms with Crippen molar-refractivity contribution in [3.63, 3.8) is 0 Å². The Balaban J connectivity index is 2.17. The Kier molecular flexibility index (Phi) is 3.45. The van der Waals surface area contributed by atoms with Gasteiger partial charge in [0.1, 0.15) is 5.76 Å². The first-order valence-electron chi connectivity index (χ1n) is 7.52. The van der Waals surface area contributed by atoms with E-state index in [0.717, 1.165) is 17.7 Å². The lowest BCUT2D eigenvalue weighted by Crippen LogP contribution is -2.42. The van der Waals surface area contributed by atoms with Crippen molar-refractivity contribution in [1.82, 2.24) is 4.90 Å². The minimum atomic E-state index is 0.0435. The summed E-state index contributed by atoms with van der Waals surface area (Å²) in [7, 11) is 0. The van der Waals surface area contributed by atoms with Crippen molar-refractivity contribution >= 4 is 5.70 Å². The number of nitrogens with zero attached hydrogens (tertiary/aromatic N) is 1. The van der Waals surface area contributed by atoms with E-state index in [4.69, 9.17) is 5.73 Å². The average Bonchev–Trinajstić information content (AvgIpc) is 2.47. The van der Waals surface area contributed by atoms with Crippen LogP contribution in [0.4, 0.5) is 0 Å². The van der Waals surface area contributed by atoms with E-state index in [1.807, 2.05) is 12.3 Å². The van der Waals surface area contributed by atoms with E-state index in [0.29, 0.717) is 12.1 Å². The molecule has 2 aliphatic heterocycles. The molecule has 3 heteroatoms. The van der Waals surface area contributed by atoms with Crippen LogP contribution in [0.15, 0.2) is 54.5 Å². The van der Waals surface area contributed by atoms with Crippen molar-refractivity contribution in [2.24, 2.45) is 5.73 Å². The highest BCUT2D eigenvalue weighted by Gasteiger charge is 2.31. The molecule has 0 bridgehead atoms. The van der Waals surface area contributed by atoms with Crippen LogP contribution in [-0.2, 0) is 6.42 Å². The van der Waals surface area contributed by atoms with E-state index < -0.39 is 0 Å². The predicted molar refractivity (Wildman–Crippen MR) is 91.3 cm³/mol. The van der Waals surface area contributed by atoms with E-state index in [2.05, 4.69) is 44.0 Å². The van der Waals surface area contributed by atoms with Crippen molar-refractivity contribution in [3.05, 3.63) is 76.7 Å². The van der Waals surface area contributed by atoms with Gasteiger partial charge in [-0.1, -0.05) is 19.2 Å². The molecule has 1 unspecified atom stereocenters. The predicted octanol–water partition coefficient (Wildman–Crippen LogP) is 3.36. The van der Waals surface area contributed by atoms with Gasteiger partial charge in [0.15, 0.2) is 0 Å². The zero-order valence-electron chi connectivity index (χ0n) is 13.2. The van der Waals surface area contributed by atoms with Crippen LogP contribution in [0, 0.1) is 13.8 Å². The summed E-state index contributed by atoms with van der Waals surface area (Å²) < 4.78 is 0. The van der Waals surface area contributed by atoms with Crippen LogP contribution in [-0.4, -0.2) is 22.6 Å². The molecule has 1 atom stereocenters. The van der Waals surface area contributed by atoms with E-state index in [9.17, 15) is 5.11 Å². The molecule has 1 aromatic carbocycles. The summed E-state index contributed by atoms with van der Waals surface area (Å²) in [5, 5.41) is 9.76. The van der Waals surface area contributed by atoms with Gasteiger partial charge in [-0.2, -0.15) is 0 Å². The van der Waals surface area contributed by atoms with Crippen LogP contribution in [0.5, 0.6) is 0 Å². The van der Waals surface area contributed by atoms with Crippen LogP contribution >= 0.6 is 0 Å². The molecule has 0 radical (unpaired) electrons. The second-order valence-electron chi connectivity index (χ2n) is 6.14. The van der Waals surface area contributed by atoms with Crippen LogP contribution in [0.3, 0.4) is 0 Å². The molecule has 2 heterocycles. The van der Waals surface area contributed by atoms with Gasteiger partial charge in [-0.3, -0.25) is 0 Å². The van der Waals surface area contributed by atoms with Gasteiger partial charge in [0.05, 0.1) is 0 Å². The van der Waals surface area contributed by atoms with Crippen LogP contribution in [0.25, 0.3) is 5.70 Å². The molecule has 0 aromatic heterocycles. The van der Waals surface area contributed by atoms with E-state index >= 15 is 0 Å². The molecule has 0 aliphatic carbocycles. The lowest BCUT2D eigenvalue weighted by atomic mass is 9.85. The summed E-state index contributed by atoms with van der Waals surface area (Å²) in [6.45, 7) is 12.5. The Bertz CT molecular complexity index is 740. The monoisotopic (exact) mass is 294 g/mol. The SMILES string of the molecule is C=C(O)C1=CN2C(=CC1=C)c1cc(C)c(C)cc1CC2CN. The van der Waals surface area contributed by atoms with E-state index in [1.165, 1.54) is 22.3 Å². The smallest absolute Gasteiger partial charge is 0.117 e. The third kappa shape index (κ3) is 2.18. The van der Waals surface area contributed by atoms with Crippen molar-refractivity contribution in [1.29, 1.82) is 0 Å². The number of hydrogen-bond donors (Lipinski definition) is 2. The number of aryl methyl sites for hydroxylation is 2. The van der Waals surface area contributed by atoms with Gasteiger partial charge in [-0.15, -0.1) is 0 Å². The zero-order chi connectivity index (χ0) is 16.0. The second kappa shape index (κ2) is 5.18. The van der Waals surface area contributed by atoms with Crippen LogP contribution < -0.4 is 5.73 Å². The minimum Gasteiger partial charge on any atom is -0.508 e. The molecule has 0 fully saturated rings. The number of rotatable bonds is 2. The van der Waals surface area contributed by atoms with Gasteiger partial charge < -0.3 is 15.7 Å². The topological polar surface area (TPSA) is 49.5 Å². The van der Waals surface area contributed by atoms with Gasteiger partial charge in [0, 0.05) is 35.6 Å². The summed E-state index contributed by atoms with van der Waals surface area (Å²) in [5.41, 5.74) is 13.7. The van der Waals surface area contributed by atoms with Gasteiger partial charge in [0.2, 0.25) is 0 Å². The van der Waals surface area contributed by atoms with Gasteiger partial charge in [0.25, 0.3) is 0 Å². The highest BCUT2D eigenvalue weighted by atomic mass is 16.3. The molecule has 3 rings (SSSR count). The highest BCUT2D eigenvalue weighted by Crippen LogP contribution is 2.39. The van der Waals surface area contributed by atoms with E-state index in [1.54, 1.807) is 0 Å². The molecule has 0 amide bonds. The molecule has 3 nitrogen and oxygen atoms in total. The third-order valence-electron chi connectivity index (χ3n) is 4.63. The number of allylic oxidation sites excluding steroid dienone is 2. The summed E-state index contributed by atoms with van der Waals surface area (Å²) in [4.78, 5) is 2.16. The maximum atomic E-state index is 9.76. The second-order valence-corrected chi connectivity index (χ2v) is 6.14. The fourth-order valence-electron chi connectivity index (χ4n) is 3.22. The fourth-order valence-corrected chi connectivity index (χ4v) is 3.22. The van der Waals surface area contributed by atoms with Gasteiger partial charge in [-0.25, -0.2) is 0 Å². The molecular weight excluding hydrogens is 272 g/mol. The molecule has 0 saturated heterocycles. The van der Waals surface area contributed by atoms with Gasteiger partial charge >= 0.3 is 0 Å². The Morgan fingerprint density at radius 1 is 1.36 bits per heavy atom.